The Morgan fingerprint density at radius 3 is 2.79 bits per heavy atom. The molecule has 0 bridgehead atoms. The lowest BCUT2D eigenvalue weighted by Crippen LogP contribution is -2.37. The van der Waals surface area contributed by atoms with Crippen LogP contribution in [0.1, 0.15) is 5.56 Å². The molecule has 0 radical (unpaired) electrons. The molecule has 0 aliphatic carbocycles. The van der Waals surface area contributed by atoms with Gasteiger partial charge in [0.2, 0.25) is 5.95 Å². The van der Waals surface area contributed by atoms with Gasteiger partial charge in [-0.1, -0.05) is 18.2 Å². The molecule has 2 aromatic carbocycles. The normalized spacial score (nSPS) is 15.7. The first-order valence-corrected chi connectivity index (χ1v) is 9.90. The van der Waals surface area contributed by atoms with Crippen LogP contribution in [0.3, 0.4) is 0 Å². The molecule has 1 aromatic heterocycles. The van der Waals surface area contributed by atoms with E-state index in [1.165, 1.54) is 11.3 Å². The van der Waals surface area contributed by atoms with Gasteiger partial charge in [0.1, 0.15) is 11.6 Å². The Hall–Kier alpha value is -3.32. The van der Waals surface area contributed by atoms with E-state index in [9.17, 15) is 5.11 Å². The number of aromatic nitrogens is 2. The van der Waals surface area contributed by atoms with Gasteiger partial charge in [0.05, 0.1) is 18.9 Å². The second-order valence-electron chi connectivity index (χ2n) is 7.26. The minimum absolute atomic E-state index is 0.216. The van der Waals surface area contributed by atoms with Crippen molar-refractivity contribution in [2.75, 3.05) is 48.4 Å². The van der Waals surface area contributed by atoms with Crippen LogP contribution in [-0.4, -0.2) is 47.9 Å². The molecule has 2 aliphatic heterocycles. The van der Waals surface area contributed by atoms with Crippen LogP contribution < -0.4 is 15.5 Å². The third-order valence-electron chi connectivity index (χ3n) is 5.24. The fourth-order valence-corrected chi connectivity index (χ4v) is 3.73. The molecular weight excluding hydrogens is 366 g/mol. The van der Waals surface area contributed by atoms with Crippen molar-refractivity contribution in [3.8, 4) is 17.0 Å². The number of hydrogen-bond donors (Lipinski definition) is 3. The number of nitrogens with zero attached hydrogens (tertiary/aromatic N) is 3. The second kappa shape index (κ2) is 7.60. The van der Waals surface area contributed by atoms with E-state index >= 15 is 0 Å². The van der Waals surface area contributed by atoms with Crippen molar-refractivity contribution in [1.29, 1.82) is 0 Å². The highest BCUT2D eigenvalue weighted by Gasteiger charge is 2.17. The fraction of sp³-hybridized carbons (Fsp3) is 0.273. The molecule has 7 nitrogen and oxygen atoms in total. The molecule has 0 amide bonds. The van der Waals surface area contributed by atoms with Gasteiger partial charge in [0, 0.05) is 42.6 Å². The predicted octanol–water partition coefficient (Wildman–Crippen LogP) is 3.40. The highest BCUT2D eigenvalue weighted by molar-refractivity contribution is 5.71. The lowest BCUT2D eigenvalue weighted by molar-refractivity contribution is 0.122. The lowest BCUT2D eigenvalue weighted by Gasteiger charge is -2.27. The minimum Gasteiger partial charge on any atom is -0.508 e. The summed E-state index contributed by atoms with van der Waals surface area (Å²) in [6.07, 6.45) is 1.06. The van der Waals surface area contributed by atoms with E-state index < -0.39 is 0 Å². The predicted molar refractivity (Wildman–Crippen MR) is 114 cm³/mol. The maximum atomic E-state index is 9.89. The summed E-state index contributed by atoms with van der Waals surface area (Å²) in [5, 5.41) is 16.7. The Balaban J connectivity index is 1.52. The Morgan fingerprint density at radius 2 is 1.93 bits per heavy atom. The number of aromatic hydroxyl groups is 1. The molecule has 0 spiro atoms. The van der Waals surface area contributed by atoms with Gasteiger partial charge in [0.25, 0.3) is 0 Å². The van der Waals surface area contributed by atoms with Gasteiger partial charge < -0.3 is 25.4 Å². The van der Waals surface area contributed by atoms with Gasteiger partial charge in [-0.15, -0.1) is 0 Å². The van der Waals surface area contributed by atoms with E-state index in [2.05, 4.69) is 33.7 Å². The van der Waals surface area contributed by atoms with E-state index in [0.717, 1.165) is 48.8 Å². The van der Waals surface area contributed by atoms with Crippen molar-refractivity contribution in [2.45, 2.75) is 6.42 Å². The van der Waals surface area contributed by atoms with Gasteiger partial charge in [-0.25, -0.2) is 4.98 Å². The average molecular weight is 389 g/mol. The van der Waals surface area contributed by atoms with Crippen molar-refractivity contribution >= 4 is 23.1 Å². The monoisotopic (exact) mass is 389 g/mol. The molecule has 3 N–H and O–H groups in total. The van der Waals surface area contributed by atoms with Gasteiger partial charge in [-0.05, 0) is 36.2 Å². The molecule has 3 heterocycles. The Labute approximate surface area is 169 Å². The fourth-order valence-electron chi connectivity index (χ4n) is 3.73. The zero-order valence-corrected chi connectivity index (χ0v) is 16.1. The molecular formula is C22H23N5O2. The number of ether oxygens (including phenoxy) is 1. The number of morpholine rings is 1. The third-order valence-corrected chi connectivity index (χ3v) is 5.24. The zero-order valence-electron chi connectivity index (χ0n) is 16.1. The highest BCUT2D eigenvalue weighted by Crippen LogP contribution is 2.30. The molecule has 1 fully saturated rings. The van der Waals surface area contributed by atoms with Crippen molar-refractivity contribution < 1.29 is 9.84 Å². The van der Waals surface area contributed by atoms with Gasteiger partial charge in [-0.2, -0.15) is 4.98 Å². The Morgan fingerprint density at radius 1 is 1.03 bits per heavy atom. The summed E-state index contributed by atoms with van der Waals surface area (Å²) in [6.45, 7) is 3.82. The topological polar surface area (TPSA) is 82.5 Å². The molecule has 2 aliphatic rings. The Bertz CT molecular complexity index is 1030. The first-order chi connectivity index (χ1) is 14.2. The van der Waals surface area contributed by atoms with Crippen LogP contribution in [0.2, 0.25) is 0 Å². The smallest absolute Gasteiger partial charge is 0.228 e. The van der Waals surface area contributed by atoms with Crippen molar-refractivity contribution in [1.82, 2.24) is 9.97 Å². The molecule has 0 atom stereocenters. The average Bonchev–Trinajstić information content (AvgIpc) is 3.22. The highest BCUT2D eigenvalue weighted by atomic mass is 16.5. The molecule has 29 heavy (non-hydrogen) atoms. The number of fused-ring (bicyclic) bond motifs is 1. The Kier molecular flexibility index (Phi) is 4.65. The zero-order chi connectivity index (χ0) is 19.6. The van der Waals surface area contributed by atoms with Gasteiger partial charge in [0.15, 0.2) is 0 Å². The first kappa shape index (κ1) is 17.8. The number of phenols is 1. The second-order valence-corrected chi connectivity index (χ2v) is 7.26. The van der Waals surface area contributed by atoms with Crippen LogP contribution in [0.25, 0.3) is 11.3 Å². The molecule has 0 saturated carbocycles. The van der Waals surface area contributed by atoms with Gasteiger partial charge in [-0.3, -0.25) is 0 Å². The largest absolute Gasteiger partial charge is 0.508 e. The van der Waals surface area contributed by atoms with Crippen LogP contribution in [0, 0.1) is 0 Å². The minimum atomic E-state index is 0.216. The van der Waals surface area contributed by atoms with Crippen LogP contribution >= 0.6 is 0 Å². The SMILES string of the molecule is Oc1cccc(-c2cc(Nc3ccc4c(c3)NCC4)nc(N3CCOCC3)n2)c1. The molecule has 3 aromatic rings. The molecule has 148 valence electrons. The van der Waals surface area contributed by atoms with E-state index in [4.69, 9.17) is 14.7 Å². The summed E-state index contributed by atoms with van der Waals surface area (Å²) >= 11 is 0. The first-order valence-electron chi connectivity index (χ1n) is 9.90. The summed E-state index contributed by atoms with van der Waals surface area (Å²) in [5.74, 6) is 1.60. The molecule has 7 heteroatoms. The quantitative estimate of drug-likeness (QED) is 0.631. The number of phenolic OH excluding ortho intramolecular Hbond substituents is 1. The summed E-state index contributed by atoms with van der Waals surface area (Å²) in [4.78, 5) is 11.7. The summed E-state index contributed by atoms with van der Waals surface area (Å²) in [7, 11) is 0. The maximum absolute atomic E-state index is 9.89. The van der Waals surface area contributed by atoms with Crippen molar-refractivity contribution in [3.05, 3.63) is 54.1 Å². The van der Waals surface area contributed by atoms with E-state index in [1.807, 2.05) is 18.2 Å². The third kappa shape index (κ3) is 3.82. The van der Waals surface area contributed by atoms with Crippen LogP contribution in [-0.2, 0) is 11.2 Å². The number of benzene rings is 2. The van der Waals surface area contributed by atoms with Crippen LogP contribution in [0.5, 0.6) is 5.75 Å². The number of nitrogens with one attached hydrogen (secondary N) is 2. The van der Waals surface area contributed by atoms with E-state index in [0.29, 0.717) is 19.2 Å². The van der Waals surface area contributed by atoms with E-state index in [1.54, 1.807) is 12.1 Å². The lowest BCUT2D eigenvalue weighted by atomic mass is 10.1. The summed E-state index contributed by atoms with van der Waals surface area (Å²) in [5.41, 5.74) is 5.10. The molecule has 0 unspecified atom stereocenters. The number of anilines is 4. The number of rotatable bonds is 4. The van der Waals surface area contributed by atoms with Crippen LogP contribution in [0.4, 0.5) is 23.1 Å². The standard InChI is InChI=1S/C22H23N5O2/c28-18-3-1-2-16(12-18)20-14-21(26-22(25-20)27-8-10-29-11-9-27)24-17-5-4-15-6-7-23-19(15)13-17/h1-5,12-14,23,28H,6-11H2,(H,24,25,26). The van der Waals surface area contributed by atoms with E-state index in [-0.39, 0.29) is 5.75 Å². The summed E-state index contributed by atoms with van der Waals surface area (Å²) in [6, 6.07) is 15.4. The van der Waals surface area contributed by atoms with Crippen molar-refractivity contribution in [3.63, 3.8) is 0 Å². The molecule has 5 rings (SSSR count). The summed E-state index contributed by atoms with van der Waals surface area (Å²) < 4.78 is 5.47. The van der Waals surface area contributed by atoms with Crippen molar-refractivity contribution in [2.24, 2.45) is 0 Å². The molecule has 1 saturated heterocycles. The number of hydrogen-bond acceptors (Lipinski definition) is 7. The van der Waals surface area contributed by atoms with Crippen LogP contribution in [0.15, 0.2) is 48.5 Å². The maximum Gasteiger partial charge on any atom is 0.228 e. The van der Waals surface area contributed by atoms with Gasteiger partial charge >= 0.3 is 0 Å².